The molecular weight excluding hydrogens is 865 g/mol. The third-order valence-electron chi connectivity index (χ3n) is 12.4. The molecule has 16 nitrogen and oxygen atoms in total. The van der Waals surface area contributed by atoms with Crippen molar-refractivity contribution in [2.75, 3.05) is 77.3 Å². The highest BCUT2D eigenvalue weighted by Crippen LogP contribution is 2.39. The Kier molecular flexibility index (Phi) is 16.9. The van der Waals surface area contributed by atoms with Gasteiger partial charge in [-0.15, -0.1) is 0 Å². The van der Waals surface area contributed by atoms with Crippen LogP contribution in [0.2, 0.25) is 0 Å². The number of aryl methyl sites for hydroxylation is 2. The van der Waals surface area contributed by atoms with E-state index in [1.807, 2.05) is 86.6 Å². The largest absolute Gasteiger partial charge is 0.493 e. The number of nitrogens with two attached hydrogens (primary N) is 2. The molecule has 2 saturated heterocycles. The second-order valence-electron chi connectivity index (χ2n) is 17.3. The zero-order valence-corrected chi connectivity index (χ0v) is 39.4. The number of benzene rings is 4. The number of aliphatic hydroxyl groups excluding tert-OH is 2. The van der Waals surface area contributed by atoms with Crippen LogP contribution in [0.15, 0.2) is 85.2 Å². The maximum absolute atomic E-state index is 12.2. The van der Waals surface area contributed by atoms with E-state index in [1.165, 1.54) is 12.4 Å². The van der Waals surface area contributed by atoms with Crippen LogP contribution in [0.1, 0.15) is 70.4 Å². The molecule has 0 radical (unpaired) electrons. The van der Waals surface area contributed by atoms with E-state index in [1.54, 1.807) is 14.2 Å². The van der Waals surface area contributed by atoms with Gasteiger partial charge in [0.15, 0.2) is 23.0 Å². The molecule has 8 N–H and O–H groups in total. The molecule has 1 unspecified atom stereocenters. The number of carbonyl (C=O) groups excluding carboxylic acids is 2. The Balaban J connectivity index is 0.000000201. The molecule has 6 aromatic rings. The average Bonchev–Trinajstić information content (AvgIpc) is 3.33. The van der Waals surface area contributed by atoms with Crippen LogP contribution < -0.4 is 41.0 Å². The lowest BCUT2D eigenvalue weighted by molar-refractivity contribution is 0.0678. The van der Waals surface area contributed by atoms with Gasteiger partial charge in [0.2, 0.25) is 0 Å². The molecular formula is C52H64N8O8. The topological polar surface area (TPSA) is 220 Å². The molecule has 2 amide bonds. The molecule has 1 atom stereocenters. The maximum atomic E-state index is 12.2. The summed E-state index contributed by atoms with van der Waals surface area (Å²) in [5.74, 6) is 1.18. The van der Waals surface area contributed by atoms with Crippen molar-refractivity contribution in [1.82, 2.24) is 19.8 Å². The molecule has 2 aromatic heterocycles. The number of hydrogen-bond acceptors (Lipinski definition) is 14. The van der Waals surface area contributed by atoms with Gasteiger partial charge in [-0.2, -0.15) is 0 Å². The van der Waals surface area contributed by atoms with Crippen molar-refractivity contribution in [2.24, 2.45) is 11.5 Å². The van der Waals surface area contributed by atoms with Crippen LogP contribution in [0.25, 0.3) is 21.8 Å². The first-order valence-corrected chi connectivity index (χ1v) is 23.2. The van der Waals surface area contributed by atoms with Gasteiger partial charge in [0.25, 0.3) is 11.8 Å². The Morgan fingerprint density at radius 2 is 1.12 bits per heavy atom. The first-order chi connectivity index (χ1) is 32.9. The minimum Gasteiger partial charge on any atom is -0.493 e. The molecule has 0 saturated carbocycles. The maximum Gasteiger partial charge on any atom is 0.252 e. The SMILES string of the molecule is COc1cc2c(Nc3ccccc3C)c(C(N)=O)cnc2cc1OCCCN1CCC(O)CC1.COc1cc2c(Nc3ccccc3C)c(C(N)=O)cnc2cc1OCCCN1CCCC(O)C1. The van der Waals surface area contributed by atoms with E-state index in [9.17, 15) is 19.8 Å². The summed E-state index contributed by atoms with van der Waals surface area (Å²) in [5.41, 5.74) is 18.2. The standard InChI is InChI=1S/2C26H32N4O4/c1-17-7-3-4-9-21(17)29-25-19-13-23(33-2)24(14-22(19)28-15-20(25)26(27)32)34-12-6-11-30-10-5-8-18(31)16-30;1-17-6-3-4-7-21(17)29-25-19-14-23(33-2)24(15-22(19)28-16-20(25)26(27)32)34-13-5-10-30-11-8-18(31)9-12-30/h3-4,7,9,13-15,18,31H,5-6,8,10-12,16H2,1-2H3,(H2,27,32)(H,28,29);3-4,6-7,14-16,18,31H,5,8-13H2,1-2H3,(H2,27,32)(H,28,29). The third-order valence-corrected chi connectivity index (χ3v) is 12.4. The number of ether oxygens (including phenoxy) is 4. The van der Waals surface area contributed by atoms with Crippen molar-refractivity contribution in [3.05, 3.63) is 107 Å². The highest BCUT2D eigenvalue weighted by atomic mass is 16.5. The second-order valence-corrected chi connectivity index (χ2v) is 17.3. The van der Waals surface area contributed by atoms with Gasteiger partial charge in [-0.1, -0.05) is 36.4 Å². The van der Waals surface area contributed by atoms with Crippen LogP contribution >= 0.6 is 0 Å². The number of nitrogens with one attached hydrogen (secondary N) is 2. The van der Waals surface area contributed by atoms with E-state index in [0.717, 1.165) is 106 Å². The van der Waals surface area contributed by atoms with Gasteiger partial charge in [-0.3, -0.25) is 19.6 Å². The highest BCUT2D eigenvalue weighted by molar-refractivity contribution is 6.09. The Hall–Kier alpha value is -6.72. The van der Waals surface area contributed by atoms with Gasteiger partial charge in [0.05, 0.1) is 73.2 Å². The Morgan fingerprint density at radius 3 is 1.56 bits per heavy atom. The number of hydrogen-bond donors (Lipinski definition) is 6. The Bertz CT molecular complexity index is 2690. The number of para-hydroxylation sites is 2. The average molecular weight is 929 g/mol. The van der Waals surface area contributed by atoms with E-state index in [0.29, 0.717) is 75.1 Å². The molecule has 0 aliphatic carbocycles. The normalized spacial score (nSPS) is 15.6. The summed E-state index contributed by atoms with van der Waals surface area (Å²) in [6.07, 6.45) is 7.86. The molecule has 360 valence electrons. The zero-order chi connectivity index (χ0) is 48.2. The summed E-state index contributed by atoms with van der Waals surface area (Å²) >= 11 is 0. The first kappa shape index (κ1) is 49.2. The minimum absolute atomic E-state index is 0.165. The van der Waals surface area contributed by atoms with Crippen LogP contribution in [0.5, 0.6) is 23.0 Å². The minimum atomic E-state index is -0.562. The predicted molar refractivity (Wildman–Crippen MR) is 266 cm³/mol. The number of rotatable bonds is 18. The van der Waals surface area contributed by atoms with Crippen LogP contribution in [0.4, 0.5) is 22.7 Å². The zero-order valence-electron chi connectivity index (χ0n) is 39.4. The quantitative estimate of drug-likeness (QED) is 0.0468. The van der Waals surface area contributed by atoms with E-state index >= 15 is 0 Å². The van der Waals surface area contributed by atoms with Crippen molar-refractivity contribution < 1.29 is 38.7 Å². The number of β-amino-alcohol motifs (C(OH)–C–C–N with tert-alkyl or cyclic N) is 1. The molecule has 4 heterocycles. The fourth-order valence-corrected chi connectivity index (χ4v) is 8.60. The van der Waals surface area contributed by atoms with Gasteiger partial charge in [-0.25, -0.2) is 0 Å². The monoisotopic (exact) mass is 928 g/mol. The summed E-state index contributed by atoms with van der Waals surface area (Å²) in [5, 5.41) is 27.7. The van der Waals surface area contributed by atoms with Crippen molar-refractivity contribution in [2.45, 2.75) is 64.6 Å². The summed E-state index contributed by atoms with van der Waals surface area (Å²) < 4.78 is 23.3. The fraction of sp³-hybridized carbons (Fsp3) is 0.385. The van der Waals surface area contributed by atoms with Crippen LogP contribution in [0.3, 0.4) is 0 Å². The molecule has 68 heavy (non-hydrogen) atoms. The van der Waals surface area contributed by atoms with Gasteiger partial charge in [-0.05, 0) is 94.3 Å². The number of primary amides is 2. The number of pyridine rings is 2. The smallest absolute Gasteiger partial charge is 0.252 e. The van der Waals surface area contributed by atoms with E-state index in [-0.39, 0.29) is 12.2 Å². The number of likely N-dealkylation sites (tertiary alicyclic amines) is 2. The number of aliphatic hydroxyl groups is 2. The van der Waals surface area contributed by atoms with Crippen LogP contribution in [-0.2, 0) is 0 Å². The Morgan fingerprint density at radius 1 is 0.647 bits per heavy atom. The molecule has 0 spiro atoms. The summed E-state index contributed by atoms with van der Waals surface area (Å²) in [6, 6.07) is 23.0. The van der Waals surface area contributed by atoms with Gasteiger partial charge >= 0.3 is 0 Å². The number of nitrogens with zero attached hydrogens (tertiary/aromatic N) is 4. The van der Waals surface area contributed by atoms with Crippen LogP contribution in [-0.4, -0.2) is 121 Å². The third kappa shape index (κ3) is 12.4. The van der Waals surface area contributed by atoms with Crippen LogP contribution in [0, 0.1) is 13.8 Å². The van der Waals surface area contributed by atoms with Gasteiger partial charge in [0, 0.05) is 79.4 Å². The summed E-state index contributed by atoms with van der Waals surface area (Å²) in [6.45, 7) is 10.4. The second kappa shape index (κ2) is 23.3. The van der Waals surface area contributed by atoms with E-state index < -0.39 is 11.8 Å². The van der Waals surface area contributed by atoms with E-state index in [4.69, 9.17) is 30.4 Å². The fourth-order valence-electron chi connectivity index (χ4n) is 8.60. The molecule has 2 aliphatic rings. The molecule has 0 bridgehead atoms. The van der Waals surface area contributed by atoms with Crippen molar-refractivity contribution in [3.63, 3.8) is 0 Å². The highest BCUT2D eigenvalue weighted by Gasteiger charge is 2.21. The lowest BCUT2D eigenvalue weighted by Crippen LogP contribution is -2.39. The number of carbonyl (C=O) groups is 2. The van der Waals surface area contributed by atoms with E-state index in [2.05, 4.69) is 30.4 Å². The number of piperidine rings is 2. The number of amides is 2. The van der Waals surface area contributed by atoms with Crippen molar-refractivity contribution in [3.8, 4) is 23.0 Å². The molecule has 16 heteroatoms. The van der Waals surface area contributed by atoms with Gasteiger partial charge < -0.3 is 61.1 Å². The van der Waals surface area contributed by atoms with Crippen molar-refractivity contribution >= 4 is 56.4 Å². The predicted octanol–water partition coefficient (Wildman–Crippen LogP) is 7.24. The number of aromatic nitrogens is 2. The number of anilines is 4. The molecule has 2 aliphatic heterocycles. The summed E-state index contributed by atoms with van der Waals surface area (Å²) in [4.78, 5) is 37.9. The molecule has 4 aromatic carbocycles. The molecule has 8 rings (SSSR count). The van der Waals surface area contributed by atoms with Gasteiger partial charge in [0.1, 0.15) is 0 Å². The number of fused-ring (bicyclic) bond motifs is 2. The molecule has 2 fully saturated rings. The summed E-state index contributed by atoms with van der Waals surface area (Å²) in [7, 11) is 3.18. The lowest BCUT2D eigenvalue weighted by atomic mass is 10.1. The first-order valence-electron chi connectivity index (χ1n) is 23.2. The number of methoxy groups -OCH3 is 2. The van der Waals surface area contributed by atoms with Crippen molar-refractivity contribution in [1.29, 1.82) is 0 Å². The Labute approximate surface area is 397 Å². The lowest BCUT2D eigenvalue weighted by Gasteiger charge is -2.29.